The molecule has 0 saturated carbocycles. The molecule has 2 unspecified atom stereocenters. The molecule has 1 nitrogen and oxygen atoms in total. The van der Waals surface area contributed by atoms with E-state index in [2.05, 4.69) is 107 Å². The van der Waals surface area contributed by atoms with Crippen LogP contribution in [0.3, 0.4) is 0 Å². The normalized spacial score (nSPS) is 20.6. The summed E-state index contributed by atoms with van der Waals surface area (Å²) in [6.45, 7) is 3.53. The molecule has 1 aliphatic rings. The Morgan fingerprint density at radius 3 is 1.70 bits per heavy atom. The minimum atomic E-state index is -0.498. The van der Waals surface area contributed by atoms with Crippen molar-refractivity contribution in [3.63, 3.8) is 0 Å². The van der Waals surface area contributed by atoms with Crippen LogP contribution in [0.1, 0.15) is 55.1 Å². The van der Waals surface area contributed by atoms with Gasteiger partial charge in [0.15, 0.2) is 0 Å². The third-order valence-corrected chi connectivity index (χ3v) is 15.4. The minimum Gasteiger partial charge on any atom is -0.250 e. The average Bonchev–Trinajstić information content (AvgIpc) is 3.65. The summed E-state index contributed by atoms with van der Waals surface area (Å²) in [5.41, 5.74) is 4.34. The first-order valence-corrected chi connectivity index (χ1v) is 16.4. The van der Waals surface area contributed by atoms with Crippen LogP contribution in [0.2, 0.25) is 0 Å². The molecule has 2 aromatic heterocycles. The van der Waals surface area contributed by atoms with Gasteiger partial charge < -0.3 is 0 Å². The highest BCUT2D eigenvalue weighted by Gasteiger charge is 2.44. The van der Waals surface area contributed by atoms with Gasteiger partial charge in [-0.25, -0.2) is 0 Å². The number of hydrogen-bond donors (Lipinski definition) is 0. The monoisotopic (exact) mass is 507 g/mol. The molecule has 33 heavy (non-hydrogen) atoms. The number of thiophene rings is 2. The van der Waals surface area contributed by atoms with Crippen molar-refractivity contribution in [2.24, 2.45) is 0 Å². The lowest BCUT2D eigenvalue weighted by Gasteiger charge is -2.41. The molecule has 170 valence electrons. The van der Waals surface area contributed by atoms with Gasteiger partial charge in [-0.2, -0.15) is 0 Å². The molecule has 1 fully saturated rings. The van der Waals surface area contributed by atoms with Crippen LogP contribution in [0.4, 0.5) is 0 Å². The zero-order valence-corrected chi connectivity index (χ0v) is 22.5. The Kier molecular flexibility index (Phi) is 8.08. The zero-order valence-electron chi connectivity index (χ0n) is 19.1. The predicted octanol–water partition coefficient (Wildman–Crippen LogP) is 8.93. The quantitative estimate of drug-likeness (QED) is 0.204. The minimum absolute atomic E-state index is 0.373. The molecule has 0 aliphatic carbocycles. The van der Waals surface area contributed by atoms with E-state index in [1.807, 2.05) is 22.7 Å². The van der Waals surface area contributed by atoms with Gasteiger partial charge in [0, 0.05) is 27.1 Å². The smallest absolute Gasteiger partial charge is 0.0526 e. The number of unbranched alkanes of at least 4 members (excludes halogenated alkanes) is 1. The van der Waals surface area contributed by atoms with Crippen molar-refractivity contribution < 1.29 is 0 Å². The van der Waals surface area contributed by atoms with E-state index in [-0.39, 0.29) is 8.07 Å². The van der Waals surface area contributed by atoms with E-state index in [4.69, 9.17) is 0 Å². The van der Waals surface area contributed by atoms with E-state index in [0.29, 0.717) is 11.3 Å². The summed E-state index contributed by atoms with van der Waals surface area (Å²) >= 11 is 3.90. The predicted molar refractivity (Wildman–Crippen MR) is 151 cm³/mol. The van der Waals surface area contributed by atoms with Crippen molar-refractivity contribution in [1.82, 2.24) is 4.44 Å². The maximum atomic E-state index is 3.02. The van der Waals surface area contributed by atoms with Crippen molar-refractivity contribution in [2.75, 3.05) is 6.54 Å². The van der Waals surface area contributed by atoms with E-state index in [0.717, 1.165) is 0 Å². The summed E-state index contributed by atoms with van der Waals surface area (Å²) in [6, 6.07) is 32.0. The molecule has 5 heteroatoms. The van der Waals surface area contributed by atoms with E-state index in [1.54, 1.807) is 9.24 Å². The van der Waals surface area contributed by atoms with Crippen LogP contribution in [-0.4, -0.2) is 11.0 Å². The second-order valence-corrected chi connectivity index (χ2v) is 15.8. The highest BCUT2D eigenvalue weighted by Crippen LogP contribution is 2.76. The van der Waals surface area contributed by atoms with Gasteiger partial charge in [-0.3, -0.25) is 4.44 Å². The molecule has 4 aromatic rings. The van der Waals surface area contributed by atoms with Gasteiger partial charge in [0.1, 0.15) is 0 Å². The molecule has 1 aliphatic heterocycles. The Morgan fingerprint density at radius 2 is 1.27 bits per heavy atom. The third-order valence-electron chi connectivity index (χ3n) is 6.36. The summed E-state index contributed by atoms with van der Waals surface area (Å²) < 4.78 is 6.13. The number of hydrogen-bond acceptors (Lipinski definition) is 3. The standard InChI is InChI=1S/C28H31NP2S2/c1-2-3-20-29(31(27-16-10-21-32-27)28-17-11-22-33-28)30-25(23-12-6-4-7-13-23)18-19-26(30)24-14-8-5-9-15-24/h4-17,21-22,25-26H,2-3,18-20H2,1H3/t25-,26?,30?/m1/s1. The van der Waals surface area contributed by atoms with Gasteiger partial charge >= 0.3 is 0 Å². The maximum absolute atomic E-state index is 3.02. The Morgan fingerprint density at radius 1 is 0.758 bits per heavy atom. The first-order valence-electron chi connectivity index (χ1n) is 11.9. The highest BCUT2D eigenvalue weighted by atomic mass is 32.1. The van der Waals surface area contributed by atoms with E-state index in [1.165, 1.54) is 43.4 Å². The summed E-state index contributed by atoms with van der Waals surface area (Å²) in [7, 11) is -0.871. The van der Waals surface area contributed by atoms with Gasteiger partial charge in [-0.1, -0.05) is 86.1 Å². The molecule has 5 rings (SSSR count). The van der Waals surface area contributed by atoms with Crippen molar-refractivity contribution in [3.05, 3.63) is 107 Å². The first kappa shape index (κ1) is 23.4. The second-order valence-electron chi connectivity index (χ2n) is 8.47. The third kappa shape index (κ3) is 5.19. The second kappa shape index (κ2) is 11.4. The Bertz CT molecular complexity index is 1000. The van der Waals surface area contributed by atoms with Gasteiger partial charge in [0.25, 0.3) is 0 Å². The molecule has 3 atom stereocenters. The maximum Gasteiger partial charge on any atom is 0.0526 e. The van der Waals surface area contributed by atoms with Crippen molar-refractivity contribution in [1.29, 1.82) is 0 Å². The zero-order chi connectivity index (χ0) is 22.5. The van der Waals surface area contributed by atoms with Crippen LogP contribution in [0.25, 0.3) is 0 Å². The molecular weight excluding hydrogens is 476 g/mol. The number of rotatable bonds is 9. The lowest BCUT2D eigenvalue weighted by Crippen LogP contribution is -2.25. The summed E-state index contributed by atoms with van der Waals surface area (Å²) in [4.78, 5) is 0. The topological polar surface area (TPSA) is 3.24 Å². The van der Waals surface area contributed by atoms with Gasteiger partial charge in [-0.05, 0) is 61.4 Å². The molecule has 0 radical (unpaired) electrons. The van der Waals surface area contributed by atoms with Gasteiger partial charge in [-0.15, -0.1) is 22.7 Å². The molecule has 0 N–H and O–H groups in total. The van der Waals surface area contributed by atoms with E-state index in [9.17, 15) is 0 Å². The van der Waals surface area contributed by atoms with E-state index < -0.39 is 8.07 Å². The van der Waals surface area contributed by atoms with Crippen LogP contribution < -0.4 is 9.24 Å². The summed E-state index contributed by atoms with van der Waals surface area (Å²) in [5.74, 6) is 0. The molecule has 0 amide bonds. The lowest BCUT2D eigenvalue weighted by molar-refractivity contribution is 0.632. The number of nitrogens with zero attached hydrogens (tertiary/aromatic N) is 1. The lowest BCUT2D eigenvalue weighted by atomic mass is 10.0. The summed E-state index contributed by atoms with van der Waals surface area (Å²) in [6.07, 6.45) is 5.08. The van der Waals surface area contributed by atoms with Crippen molar-refractivity contribution >= 4 is 48.1 Å². The SMILES string of the molecule is CCCCN(P(c1cccs1)c1cccs1)P1C(c2ccccc2)CC[C@@H]1c1ccccc1. The Hall–Kier alpha value is -1.34. The fraction of sp³-hybridized carbons (Fsp3) is 0.286. The van der Waals surface area contributed by atoms with Crippen LogP contribution in [0, 0.1) is 0 Å². The first-order chi connectivity index (χ1) is 16.4. The molecule has 0 spiro atoms. The van der Waals surface area contributed by atoms with Crippen LogP contribution >= 0.6 is 38.8 Å². The summed E-state index contributed by atoms with van der Waals surface area (Å²) in [5, 5.41) is 4.53. The van der Waals surface area contributed by atoms with Crippen LogP contribution in [0.5, 0.6) is 0 Å². The average molecular weight is 508 g/mol. The van der Waals surface area contributed by atoms with Crippen molar-refractivity contribution in [3.8, 4) is 0 Å². The molecule has 3 heterocycles. The molecule has 0 bridgehead atoms. The fourth-order valence-electron chi connectivity index (χ4n) is 4.84. The highest BCUT2D eigenvalue weighted by molar-refractivity contribution is 7.85. The van der Waals surface area contributed by atoms with Crippen LogP contribution in [0.15, 0.2) is 95.7 Å². The van der Waals surface area contributed by atoms with Gasteiger partial charge in [0.2, 0.25) is 0 Å². The Balaban J connectivity index is 1.63. The van der Waals surface area contributed by atoms with Gasteiger partial charge in [0.05, 0.1) is 8.07 Å². The molecule has 2 aromatic carbocycles. The Labute approximate surface area is 209 Å². The number of benzene rings is 2. The van der Waals surface area contributed by atoms with E-state index >= 15 is 0 Å². The van der Waals surface area contributed by atoms with Crippen molar-refractivity contribution in [2.45, 2.75) is 43.9 Å². The molecular formula is C28H31NP2S2. The molecule has 1 saturated heterocycles. The fourth-order valence-corrected chi connectivity index (χ4v) is 15.5. The largest absolute Gasteiger partial charge is 0.250 e. The van der Waals surface area contributed by atoms with Crippen LogP contribution in [-0.2, 0) is 0 Å².